The topological polar surface area (TPSA) is 84.0 Å². The number of carbonyl (C=O) groups is 2. The van der Waals surface area contributed by atoms with Gasteiger partial charge in [0.1, 0.15) is 5.69 Å². The van der Waals surface area contributed by atoms with Gasteiger partial charge in [0.05, 0.1) is 12.6 Å². The minimum atomic E-state index is -0.319. The van der Waals surface area contributed by atoms with Crippen LogP contribution in [0.1, 0.15) is 16.1 Å². The van der Waals surface area contributed by atoms with Crippen molar-refractivity contribution in [3.63, 3.8) is 0 Å². The molecule has 1 heterocycles. The van der Waals surface area contributed by atoms with Crippen LogP contribution in [0.25, 0.3) is 0 Å². The molecular weight excluding hydrogens is 304 g/mol. The molecule has 0 aliphatic heterocycles. The fraction of sp³-hybridized carbons (Fsp3) is 0.200. The molecule has 2 N–H and O–H groups in total. The van der Waals surface area contributed by atoms with Crippen LogP contribution < -0.4 is 10.6 Å². The molecular formula is C15H15ClN4O2. The molecule has 0 aliphatic rings. The molecule has 0 fully saturated rings. The summed E-state index contributed by atoms with van der Waals surface area (Å²) in [4.78, 5) is 31.1. The lowest BCUT2D eigenvalue weighted by molar-refractivity contribution is -0.120. The van der Waals surface area contributed by atoms with E-state index in [1.54, 1.807) is 24.3 Å². The normalized spacial score (nSPS) is 10.0. The molecule has 0 spiro atoms. The van der Waals surface area contributed by atoms with Gasteiger partial charge < -0.3 is 10.6 Å². The Morgan fingerprint density at radius 3 is 2.45 bits per heavy atom. The van der Waals surface area contributed by atoms with E-state index in [4.69, 9.17) is 11.6 Å². The number of amides is 2. The lowest BCUT2D eigenvalue weighted by Crippen LogP contribution is -2.35. The van der Waals surface area contributed by atoms with E-state index in [0.29, 0.717) is 18.1 Å². The summed E-state index contributed by atoms with van der Waals surface area (Å²) in [5, 5.41) is 6.02. The minimum absolute atomic E-state index is 0.115. The van der Waals surface area contributed by atoms with Crippen molar-refractivity contribution in [1.29, 1.82) is 0 Å². The fourth-order valence-corrected chi connectivity index (χ4v) is 1.86. The Hall–Kier alpha value is -2.47. The Morgan fingerprint density at radius 2 is 1.77 bits per heavy atom. The zero-order valence-electron chi connectivity index (χ0n) is 11.8. The number of aromatic nitrogens is 2. The predicted molar refractivity (Wildman–Crippen MR) is 82.5 cm³/mol. The van der Waals surface area contributed by atoms with E-state index in [1.165, 1.54) is 18.6 Å². The Balaban J connectivity index is 1.67. The zero-order valence-corrected chi connectivity index (χ0v) is 12.5. The number of carbonyl (C=O) groups excluding carboxylic acids is 2. The van der Waals surface area contributed by atoms with E-state index in [0.717, 1.165) is 5.56 Å². The van der Waals surface area contributed by atoms with Gasteiger partial charge in [0.15, 0.2) is 0 Å². The van der Waals surface area contributed by atoms with E-state index >= 15 is 0 Å². The van der Waals surface area contributed by atoms with Crippen LogP contribution >= 0.6 is 11.6 Å². The monoisotopic (exact) mass is 318 g/mol. The summed E-state index contributed by atoms with van der Waals surface area (Å²) < 4.78 is 0. The third kappa shape index (κ3) is 5.14. The van der Waals surface area contributed by atoms with Crippen molar-refractivity contribution >= 4 is 23.4 Å². The Morgan fingerprint density at radius 1 is 1.05 bits per heavy atom. The summed E-state index contributed by atoms with van der Waals surface area (Å²) in [6, 6.07) is 7.09. The van der Waals surface area contributed by atoms with Crippen molar-refractivity contribution in [3.05, 3.63) is 59.1 Å². The molecule has 1 aromatic heterocycles. The van der Waals surface area contributed by atoms with Gasteiger partial charge in [-0.25, -0.2) is 4.98 Å². The van der Waals surface area contributed by atoms with Crippen molar-refractivity contribution in [2.45, 2.75) is 6.42 Å². The largest absolute Gasteiger partial charge is 0.354 e. The molecule has 0 radical (unpaired) electrons. The van der Waals surface area contributed by atoms with Crippen molar-refractivity contribution in [2.75, 3.05) is 13.1 Å². The van der Waals surface area contributed by atoms with E-state index in [-0.39, 0.29) is 23.9 Å². The predicted octanol–water partition coefficient (Wildman–Crippen LogP) is 1.22. The summed E-state index contributed by atoms with van der Waals surface area (Å²) in [5.74, 6) is -0.434. The second-order valence-corrected chi connectivity index (χ2v) is 4.94. The van der Waals surface area contributed by atoms with E-state index in [1.807, 2.05) is 0 Å². The molecule has 0 saturated heterocycles. The summed E-state index contributed by atoms with van der Waals surface area (Å²) in [7, 11) is 0. The highest BCUT2D eigenvalue weighted by atomic mass is 35.5. The van der Waals surface area contributed by atoms with Crippen LogP contribution in [0, 0.1) is 0 Å². The van der Waals surface area contributed by atoms with Crippen molar-refractivity contribution < 1.29 is 9.59 Å². The number of nitrogens with one attached hydrogen (secondary N) is 2. The van der Waals surface area contributed by atoms with Crippen LogP contribution in [0.2, 0.25) is 5.02 Å². The standard InChI is InChI=1S/C15H15ClN4O2/c16-12-3-1-11(2-4-12)9-14(21)19-7-8-20-15(22)13-10-17-5-6-18-13/h1-6,10H,7-9H2,(H,19,21)(H,20,22). The molecule has 7 heteroatoms. The lowest BCUT2D eigenvalue weighted by Gasteiger charge is -2.07. The van der Waals surface area contributed by atoms with E-state index in [9.17, 15) is 9.59 Å². The summed E-state index contributed by atoms with van der Waals surface area (Å²) in [6.07, 6.45) is 4.60. The molecule has 2 rings (SSSR count). The maximum atomic E-state index is 11.7. The van der Waals surface area contributed by atoms with Crippen LogP contribution in [-0.4, -0.2) is 34.9 Å². The van der Waals surface area contributed by atoms with Crippen molar-refractivity contribution in [2.24, 2.45) is 0 Å². The highest BCUT2D eigenvalue weighted by Gasteiger charge is 2.06. The molecule has 0 unspecified atom stereocenters. The smallest absolute Gasteiger partial charge is 0.271 e. The van der Waals surface area contributed by atoms with Gasteiger partial charge in [-0.2, -0.15) is 0 Å². The van der Waals surface area contributed by atoms with Gasteiger partial charge in [-0.05, 0) is 17.7 Å². The van der Waals surface area contributed by atoms with Crippen molar-refractivity contribution in [1.82, 2.24) is 20.6 Å². The average Bonchev–Trinajstić information content (AvgIpc) is 2.54. The van der Waals surface area contributed by atoms with E-state index in [2.05, 4.69) is 20.6 Å². The van der Waals surface area contributed by atoms with Crippen molar-refractivity contribution in [3.8, 4) is 0 Å². The molecule has 2 aromatic rings. The number of rotatable bonds is 6. The van der Waals surface area contributed by atoms with Gasteiger partial charge >= 0.3 is 0 Å². The molecule has 0 aliphatic carbocycles. The quantitative estimate of drug-likeness (QED) is 0.784. The Labute approximate surface area is 132 Å². The highest BCUT2D eigenvalue weighted by Crippen LogP contribution is 2.09. The third-order valence-electron chi connectivity index (χ3n) is 2.81. The highest BCUT2D eigenvalue weighted by molar-refractivity contribution is 6.30. The Kier molecular flexibility index (Phi) is 5.85. The van der Waals surface area contributed by atoms with E-state index < -0.39 is 0 Å². The molecule has 114 valence electrons. The molecule has 6 nitrogen and oxygen atoms in total. The second-order valence-electron chi connectivity index (χ2n) is 4.50. The SMILES string of the molecule is O=C(Cc1ccc(Cl)cc1)NCCNC(=O)c1cnccn1. The van der Waals surface area contributed by atoms with Crippen LogP contribution in [0.5, 0.6) is 0 Å². The maximum Gasteiger partial charge on any atom is 0.271 e. The van der Waals surface area contributed by atoms with Crippen LogP contribution in [-0.2, 0) is 11.2 Å². The number of benzene rings is 1. The third-order valence-corrected chi connectivity index (χ3v) is 3.06. The first-order chi connectivity index (χ1) is 10.6. The Bertz CT molecular complexity index is 632. The number of hydrogen-bond acceptors (Lipinski definition) is 4. The summed E-state index contributed by atoms with van der Waals surface area (Å²) in [5.41, 5.74) is 1.13. The maximum absolute atomic E-state index is 11.7. The molecule has 22 heavy (non-hydrogen) atoms. The fourth-order valence-electron chi connectivity index (χ4n) is 1.74. The molecule has 1 aromatic carbocycles. The first-order valence-electron chi connectivity index (χ1n) is 6.70. The lowest BCUT2D eigenvalue weighted by atomic mass is 10.1. The molecule has 0 saturated carbocycles. The zero-order chi connectivity index (χ0) is 15.8. The van der Waals surface area contributed by atoms with Gasteiger partial charge in [0.2, 0.25) is 5.91 Å². The minimum Gasteiger partial charge on any atom is -0.354 e. The second kappa shape index (κ2) is 8.09. The van der Waals surface area contributed by atoms with Gasteiger partial charge in [-0.15, -0.1) is 0 Å². The average molecular weight is 319 g/mol. The van der Waals surface area contributed by atoms with Crippen LogP contribution in [0.4, 0.5) is 0 Å². The van der Waals surface area contributed by atoms with Gasteiger partial charge in [0.25, 0.3) is 5.91 Å². The number of halogens is 1. The van der Waals surface area contributed by atoms with Gasteiger partial charge in [-0.3, -0.25) is 14.6 Å². The molecule has 0 bridgehead atoms. The summed E-state index contributed by atoms with van der Waals surface area (Å²) in [6.45, 7) is 0.667. The number of nitrogens with zero attached hydrogens (tertiary/aromatic N) is 2. The first kappa shape index (κ1) is 15.9. The van der Waals surface area contributed by atoms with Crippen LogP contribution in [0.15, 0.2) is 42.9 Å². The first-order valence-corrected chi connectivity index (χ1v) is 7.08. The van der Waals surface area contributed by atoms with Gasteiger partial charge in [0, 0.05) is 30.5 Å². The summed E-state index contributed by atoms with van der Waals surface area (Å²) >= 11 is 5.78. The molecule has 2 amide bonds. The van der Waals surface area contributed by atoms with Crippen LogP contribution in [0.3, 0.4) is 0 Å². The van der Waals surface area contributed by atoms with Gasteiger partial charge in [-0.1, -0.05) is 23.7 Å². The molecule has 0 atom stereocenters. The number of hydrogen-bond donors (Lipinski definition) is 2.